The van der Waals surface area contributed by atoms with Gasteiger partial charge in [0.2, 0.25) is 0 Å². The molecule has 0 saturated carbocycles. The van der Waals surface area contributed by atoms with Gasteiger partial charge in [-0.15, -0.1) is 4.83 Å². The number of anilines is 1. The molecule has 0 amide bonds. The Morgan fingerprint density at radius 1 is 0.958 bits per heavy atom. The Bertz CT molecular complexity index is 836. The second-order valence-electron chi connectivity index (χ2n) is 4.49. The molecule has 2 aromatic rings. The van der Waals surface area contributed by atoms with Gasteiger partial charge in [0.15, 0.2) is 0 Å². The summed E-state index contributed by atoms with van der Waals surface area (Å²) in [5, 5.41) is 0.647. The molecule has 2 aromatic carbocycles. The van der Waals surface area contributed by atoms with Gasteiger partial charge in [-0.1, -0.05) is 34.8 Å². The van der Waals surface area contributed by atoms with Gasteiger partial charge in [0.25, 0.3) is 10.0 Å². The molecule has 10 heteroatoms. The lowest BCUT2D eigenvalue weighted by atomic mass is 10.3. The van der Waals surface area contributed by atoms with Gasteiger partial charge in [-0.05, 0) is 24.3 Å². The van der Waals surface area contributed by atoms with E-state index in [1.165, 1.54) is 38.5 Å². The van der Waals surface area contributed by atoms with Gasteiger partial charge >= 0.3 is 0 Å². The highest BCUT2D eigenvalue weighted by Crippen LogP contribution is 2.34. The van der Waals surface area contributed by atoms with E-state index in [1.54, 1.807) is 6.07 Å². The zero-order chi connectivity index (χ0) is 17.9. The van der Waals surface area contributed by atoms with Crippen molar-refractivity contribution in [1.82, 2.24) is 4.83 Å². The molecular formula is C14H13Cl3N2O4S. The molecule has 24 heavy (non-hydrogen) atoms. The first-order valence-corrected chi connectivity index (χ1v) is 9.04. The number of hydrazine groups is 1. The van der Waals surface area contributed by atoms with Crippen LogP contribution in [-0.4, -0.2) is 22.6 Å². The fourth-order valence-corrected chi connectivity index (χ4v) is 3.77. The normalized spacial score (nSPS) is 11.2. The number of benzene rings is 2. The lowest BCUT2D eigenvalue weighted by Crippen LogP contribution is -2.30. The fraction of sp³-hybridized carbons (Fsp3) is 0.143. The molecule has 0 spiro atoms. The van der Waals surface area contributed by atoms with Crippen LogP contribution >= 0.6 is 34.8 Å². The minimum atomic E-state index is -3.99. The number of hydrogen-bond donors (Lipinski definition) is 2. The third kappa shape index (κ3) is 4.17. The summed E-state index contributed by atoms with van der Waals surface area (Å²) in [6.07, 6.45) is 0. The van der Waals surface area contributed by atoms with E-state index in [-0.39, 0.29) is 26.4 Å². The molecule has 130 valence electrons. The van der Waals surface area contributed by atoms with E-state index in [4.69, 9.17) is 44.3 Å². The second kappa shape index (κ2) is 7.67. The van der Waals surface area contributed by atoms with Crippen molar-refractivity contribution in [3.05, 3.63) is 45.4 Å². The molecule has 2 rings (SSSR count). The van der Waals surface area contributed by atoms with Gasteiger partial charge in [-0.2, -0.15) is 0 Å². The molecule has 0 fully saturated rings. The molecule has 0 radical (unpaired) electrons. The number of rotatable bonds is 6. The quantitative estimate of drug-likeness (QED) is 0.703. The van der Waals surface area contributed by atoms with Crippen LogP contribution < -0.4 is 19.7 Å². The van der Waals surface area contributed by atoms with Gasteiger partial charge in [0.05, 0.1) is 30.0 Å². The summed E-state index contributed by atoms with van der Waals surface area (Å²) >= 11 is 17.8. The molecule has 0 saturated heterocycles. The fourth-order valence-electron chi connectivity index (χ4n) is 1.83. The molecule has 2 N–H and O–H groups in total. The molecule has 0 aliphatic carbocycles. The van der Waals surface area contributed by atoms with Crippen LogP contribution in [0, 0.1) is 0 Å². The Kier molecular flexibility index (Phi) is 6.06. The zero-order valence-corrected chi connectivity index (χ0v) is 15.6. The third-order valence-electron chi connectivity index (χ3n) is 2.98. The highest BCUT2D eigenvalue weighted by atomic mass is 35.5. The van der Waals surface area contributed by atoms with E-state index in [0.717, 1.165) is 0 Å². The van der Waals surface area contributed by atoms with E-state index in [0.29, 0.717) is 10.8 Å². The second-order valence-corrected chi connectivity index (χ2v) is 7.39. The summed E-state index contributed by atoms with van der Waals surface area (Å²) in [4.78, 5) is 2.08. The highest BCUT2D eigenvalue weighted by molar-refractivity contribution is 7.89. The molecule has 6 nitrogen and oxygen atoms in total. The first-order valence-electron chi connectivity index (χ1n) is 6.43. The van der Waals surface area contributed by atoms with Crippen molar-refractivity contribution >= 4 is 50.5 Å². The summed E-state index contributed by atoms with van der Waals surface area (Å²) in [6, 6.07) is 7.25. The van der Waals surface area contributed by atoms with Crippen molar-refractivity contribution in [1.29, 1.82) is 0 Å². The van der Waals surface area contributed by atoms with Gasteiger partial charge in [0, 0.05) is 11.1 Å². The molecular weight excluding hydrogens is 399 g/mol. The van der Waals surface area contributed by atoms with Crippen LogP contribution in [0.4, 0.5) is 5.69 Å². The first kappa shape index (κ1) is 19.0. The minimum absolute atomic E-state index is 0.113. The molecule has 0 heterocycles. The van der Waals surface area contributed by atoms with Crippen LogP contribution in [0.25, 0.3) is 0 Å². The lowest BCUT2D eigenvalue weighted by Gasteiger charge is -2.15. The molecule has 0 aromatic heterocycles. The predicted octanol–water partition coefficient (Wildman–Crippen LogP) is 3.97. The Balaban J connectivity index is 2.33. The molecule has 0 atom stereocenters. The maximum Gasteiger partial charge on any atom is 0.261 e. The molecule has 0 aliphatic rings. The number of ether oxygens (including phenoxy) is 2. The maximum absolute atomic E-state index is 12.5. The van der Waals surface area contributed by atoms with Gasteiger partial charge in [0.1, 0.15) is 16.4 Å². The van der Waals surface area contributed by atoms with Crippen molar-refractivity contribution in [2.24, 2.45) is 0 Å². The number of hydrogen-bond acceptors (Lipinski definition) is 5. The number of nitrogens with one attached hydrogen (secondary N) is 2. The van der Waals surface area contributed by atoms with Gasteiger partial charge < -0.3 is 14.9 Å². The van der Waals surface area contributed by atoms with Crippen LogP contribution in [-0.2, 0) is 10.0 Å². The van der Waals surface area contributed by atoms with Crippen molar-refractivity contribution in [3.8, 4) is 11.5 Å². The summed E-state index contributed by atoms with van der Waals surface area (Å²) in [5.74, 6) is 0.511. The monoisotopic (exact) mass is 410 g/mol. The first-order chi connectivity index (χ1) is 11.3. The largest absolute Gasteiger partial charge is 0.497 e. The van der Waals surface area contributed by atoms with Crippen LogP contribution in [0.3, 0.4) is 0 Å². The Hall–Kier alpha value is -1.38. The Morgan fingerprint density at radius 2 is 1.58 bits per heavy atom. The van der Waals surface area contributed by atoms with Crippen molar-refractivity contribution in [3.63, 3.8) is 0 Å². The van der Waals surface area contributed by atoms with Crippen molar-refractivity contribution in [2.75, 3.05) is 19.6 Å². The number of sulfonamides is 1. The number of halogens is 3. The standard InChI is InChI=1S/C14H13Cl3N2O4S/c1-22-9-3-4-12(23-2)13(7-9)24(20,21)19-18-14-10(16)5-8(15)6-11(14)17/h3-7,18-19H,1-2H3. The van der Waals surface area contributed by atoms with Crippen LogP contribution in [0.1, 0.15) is 0 Å². The highest BCUT2D eigenvalue weighted by Gasteiger charge is 2.21. The van der Waals surface area contributed by atoms with E-state index in [9.17, 15) is 8.42 Å². The van der Waals surface area contributed by atoms with Gasteiger partial charge in [-0.3, -0.25) is 0 Å². The average Bonchev–Trinajstić information content (AvgIpc) is 2.53. The maximum atomic E-state index is 12.5. The van der Waals surface area contributed by atoms with Crippen molar-refractivity contribution < 1.29 is 17.9 Å². The van der Waals surface area contributed by atoms with Crippen LogP contribution in [0.5, 0.6) is 11.5 Å². The predicted molar refractivity (Wildman–Crippen MR) is 95.0 cm³/mol. The van der Waals surface area contributed by atoms with E-state index in [1.807, 2.05) is 0 Å². The summed E-state index contributed by atoms with van der Waals surface area (Å²) in [5.41, 5.74) is 2.65. The van der Waals surface area contributed by atoms with Crippen LogP contribution in [0.15, 0.2) is 35.2 Å². The Morgan fingerprint density at radius 3 is 2.12 bits per heavy atom. The smallest absolute Gasteiger partial charge is 0.261 e. The lowest BCUT2D eigenvalue weighted by molar-refractivity contribution is 0.392. The SMILES string of the molecule is COc1ccc(OC)c(S(=O)(=O)NNc2c(Cl)cc(Cl)cc2Cl)c1. The van der Waals surface area contributed by atoms with E-state index < -0.39 is 10.0 Å². The van der Waals surface area contributed by atoms with E-state index in [2.05, 4.69) is 10.3 Å². The topological polar surface area (TPSA) is 76.7 Å². The number of methoxy groups -OCH3 is 2. The molecule has 0 aliphatic heterocycles. The average molecular weight is 412 g/mol. The summed E-state index contributed by atoms with van der Waals surface area (Å²) in [6.45, 7) is 0. The van der Waals surface area contributed by atoms with Crippen LogP contribution in [0.2, 0.25) is 15.1 Å². The molecule has 0 bridgehead atoms. The summed E-state index contributed by atoms with van der Waals surface area (Å²) in [7, 11) is -1.20. The van der Waals surface area contributed by atoms with E-state index >= 15 is 0 Å². The Labute approximate surface area is 154 Å². The minimum Gasteiger partial charge on any atom is -0.497 e. The van der Waals surface area contributed by atoms with Crippen molar-refractivity contribution in [2.45, 2.75) is 4.90 Å². The summed E-state index contributed by atoms with van der Waals surface area (Å²) < 4.78 is 35.2. The molecule has 0 unspecified atom stereocenters. The van der Waals surface area contributed by atoms with Gasteiger partial charge in [-0.25, -0.2) is 8.42 Å². The zero-order valence-electron chi connectivity index (χ0n) is 12.6. The third-order valence-corrected chi connectivity index (χ3v) is 5.06.